The van der Waals surface area contributed by atoms with Crippen LogP contribution in [-0.4, -0.2) is 51.6 Å². The van der Waals surface area contributed by atoms with Crippen molar-refractivity contribution in [3.05, 3.63) is 48.0 Å². The number of sulfonamides is 1. The lowest BCUT2D eigenvalue weighted by Gasteiger charge is -2.25. The standard InChI is InChI=1S/C24H31N3O5S/c1-5-26(6-2)21-12-11-19(33(29,30)27(7-3)8-4)16-20(21)25-24(28)14-10-18-9-13-22-23(15-18)32-17-31-22/h9-16H,5-8,17H2,1-4H3,(H,25,28)/b14-10+. The third kappa shape index (κ3) is 5.48. The van der Waals surface area contributed by atoms with Crippen molar-refractivity contribution in [1.29, 1.82) is 0 Å². The van der Waals surface area contributed by atoms with Crippen LogP contribution in [0, 0.1) is 0 Å². The van der Waals surface area contributed by atoms with Crippen LogP contribution in [0.2, 0.25) is 0 Å². The Bertz CT molecular complexity index is 1120. The molecule has 0 fully saturated rings. The SMILES string of the molecule is CCN(CC)c1ccc(S(=O)(=O)N(CC)CC)cc1NC(=O)/C=C/c1ccc2c(c1)OCO2. The van der Waals surface area contributed by atoms with Gasteiger partial charge in [0.05, 0.1) is 16.3 Å². The van der Waals surface area contributed by atoms with Crippen molar-refractivity contribution in [2.75, 3.05) is 43.2 Å². The predicted octanol–water partition coefficient (Wildman–Crippen LogP) is 3.94. The maximum atomic E-state index is 13.0. The van der Waals surface area contributed by atoms with Crippen molar-refractivity contribution in [2.24, 2.45) is 0 Å². The van der Waals surface area contributed by atoms with E-state index in [1.54, 1.807) is 44.2 Å². The number of hydrogen-bond donors (Lipinski definition) is 1. The van der Waals surface area contributed by atoms with Gasteiger partial charge in [0.15, 0.2) is 11.5 Å². The van der Waals surface area contributed by atoms with Gasteiger partial charge in [-0.2, -0.15) is 4.31 Å². The van der Waals surface area contributed by atoms with Gasteiger partial charge in [-0.3, -0.25) is 4.79 Å². The molecule has 0 saturated heterocycles. The molecule has 1 N–H and O–H groups in total. The Morgan fingerprint density at radius 1 is 0.970 bits per heavy atom. The molecule has 1 aliphatic rings. The van der Waals surface area contributed by atoms with Crippen LogP contribution < -0.4 is 19.7 Å². The molecular formula is C24H31N3O5S. The van der Waals surface area contributed by atoms with Gasteiger partial charge >= 0.3 is 0 Å². The lowest BCUT2D eigenvalue weighted by molar-refractivity contribution is -0.111. The highest BCUT2D eigenvalue weighted by atomic mass is 32.2. The van der Waals surface area contributed by atoms with Gasteiger partial charge in [0.1, 0.15) is 0 Å². The summed E-state index contributed by atoms with van der Waals surface area (Å²) in [6.45, 7) is 9.98. The summed E-state index contributed by atoms with van der Waals surface area (Å²) < 4.78 is 38.1. The minimum atomic E-state index is -3.66. The van der Waals surface area contributed by atoms with E-state index in [0.717, 1.165) is 11.3 Å². The summed E-state index contributed by atoms with van der Waals surface area (Å²) in [5.74, 6) is 0.945. The lowest BCUT2D eigenvalue weighted by Crippen LogP contribution is -2.31. The number of fused-ring (bicyclic) bond motifs is 1. The van der Waals surface area contributed by atoms with Crippen LogP contribution in [0.3, 0.4) is 0 Å². The molecule has 0 aromatic heterocycles. The smallest absolute Gasteiger partial charge is 0.248 e. The van der Waals surface area contributed by atoms with Crippen LogP contribution in [0.25, 0.3) is 6.08 Å². The summed E-state index contributed by atoms with van der Waals surface area (Å²) in [4.78, 5) is 15.0. The molecule has 2 aromatic rings. The third-order valence-electron chi connectivity index (χ3n) is 5.50. The number of carbonyl (C=O) groups excluding carboxylic acids is 1. The van der Waals surface area contributed by atoms with Gasteiger partial charge in [-0.25, -0.2) is 8.42 Å². The second-order valence-corrected chi connectivity index (χ2v) is 9.31. The maximum Gasteiger partial charge on any atom is 0.248 e. The molecule has 0 saturated carbocycles. The number of ether oxygens (including phenoxy) is 2. The van der Waals surface area contributed by atoms with Gasteiger partial charge in [0, 0.05) is 32.3 Å². The average Bonchev–Trinajstić information content (AvgIpc) is 3.28. The average molecular weight is 474 g/mol. The summed E-state index contributed by atoms with van der Waals surface area (Å²) in [6, 6.07) is 10.3. The number of rotatable bonds is 10. The van der Waals surface area contributed by atoms with Crippen LogP contribution in [-0.2, 0) is 14.8 Å². The number of nitrogens with one attached hydrogen (secondary N) is 1. The molecule has 178 valence electrons. The first-order valence-corrected chi connectivity index (χ1v) is 12.6. The zero-order chi connectivity index (χ0) is 24.0. The monoisotopic (exact) mass is 473 g/mol. The Hall–Kier alpha value is -3.04. The molecule has 1 aliphatic heterocycles. The van der Waals surface area contributed by atoms with E-state index in [4.69, 9.17) is 9.47 Å². The Labute approximate surface area is 195 Å². The highest BCUT2D eigenvalue weighted by Gasteiger charge is 2.23. The van der Waals surface area contributed by atoms with Crippen molar-refractivity contribution >= 4 is 33.4 Å². The fourth-order valence-electron chi connectivity index (χ4n) is 3.69. The Morgan fingerprint density at radius 3 is 2.33 bits per heavy atom. The van der Waals surface area contributed by atoms with Gasteiger partial charge in [-0.15, -0.1) is 0 Å². The van der Waals surface area contributed by atoms with E-state index in [2.05, 4.69) is 10.2 Å². The molecule has 33 heavy (non-hydrogen) atoms. The van der Waals surface area contributed by atoms with Crippen LogP contribution in [0.5, 0.6) is 11.5 Å². The van der Waals surface area contributed by atoms with E-state index < -0.39 is 10.0 Å². The second-order valence-electron chi connectivity index (χ2n) is 7.38. The van der Waals surface area contributed by atoms with E-state index in [0.29, 0.717) is 43.4 Å². The van der Waals surface area contributed by atoms with Gasteiger partial charge < -0.3 is 19.7 Å². The number of anilines is 2. The molecule has 1 amide bonds. The predicted molar refractivity (Wildman–Crippen MR) is 130 cm³/mol. The zero-order valence-corrected chi connectivity index (χ0v) is 20.3. The second kappa shape index (κ2) is 10.7. The molecule has 0 radical (unpaired) electrons. The Kier molecular flexibility index (Phi) is 7.99. The maximum absolute atomic E-state index is 13.0. The minimum Gasteiger partial charge on any atom is -0.454 e. The molecule has 0 bridgehead atoms. The highest BCUT2D eigenvalue weighted by Crippen LogP contribution is 2.33. The first kappa shape index (κ1) is 24.6. The van der Waals surface area contributed by atoms with E-state index >= 15 is 0 Å². The quantitative estimate of drug-likeness (QED) is 0.526. The molecule has 0 atom stereocenters. The van der Waals surface area contributed by atoms with Crippen LogP contribution in [0.1, 0.15) is 33.3 Å². The van der Waals surface area contributed by atoms with E-state index in [1.807, 2.05) is 19.9 Å². The molecule has 3 rings (SSSR count). The number of amides is 1. The van der Waals surface area contributed by atoms with Gasteiger partial charge in [0.2, 0.25) is 22.7 Å². The molecule has 1 heterocycles. The molecule has 0 aliphatic carbocycles. The first-order valence-electron chi connectivity index (χ1n) is 11.1. The largest absolute Gasteiger partial charge is 0.454 e. The lowest BCUT2D eigenvalue weighted by atomic mass is 10.2. The molecule has 0 unspecified atom stereocenters. The van der Waals surface area contributed by atoms with Gasteiger partial charge in [-0.05, 0) is 55.8 Å². The van der Waals surface area contributed by atoms with Crippen molar-refractivity contribution in [2.45, 2.75) is 32.6 Å². The Morgan fingerprint density at radius 2 is 1.67 bits per heavy atom. The van der Waals surface area contributed by atoms with Crippen molar-refractivity contribution in [3.8, 4) is 11.5 Å². The number of carbonyl (C=O) groups is 1. The topological polar surface area (TPSA) is 88.2 Å². The molecule has 8 nitrogen and oxygen atoms in total. The van der Waals surface area contributed by atoms with E-state index in [1.165, 1.54) is 16.4 Å². The molecular weight excluding hydrogens is 442 g/mol. The van der Waals surface area contributed by atoms with E-state index in [9.17, 15) is 13.2 Å². The fraction of sp³-hybridized carbons (Fsp3) is 0.375. The minimum absolute atomic E-state index is 0.150. The highest BCUT2D eigenvalue weighted by molar-refractivity contribution is 7.89. The normalized spacial score (nSPS) is 13.0. The van der Waals surface area contributed by atoms with Crippen LogP contribution >= 0.6 is 0 Å². The van der Waals surface area contributed by atoms with Gasteiger partial charge in [-0.1, -0.05) is 19.9 Å². The number of hydrogen-bond acceptors (Lipinski definition) is 6. The van der Waals surface area contributed by atoms with Crippen molar-refractivity contribution in [3.63, 3.8) is 0 Å². The third-order valence-corrected chi connectivity index (χ3v) is 7.54. The van der Waals surface area contributed by atoms with Crippen molar-refractivity contribution in [1.82, 2.24) is 4.31 Å². The summed E-state index contributed by atoms with van der Waals surface area (Å²) in [7, 11) is -3.66. The summed E-state index contributed by atoms with van der Waals surface area (Å²) in [6.07, 6.45) is 3.08. The summed E-state index contributed by atoms with van der Waals surface area (Å²) >= 11 is 0. The zero-order valence-electron chi connectivity index (χ0n) is 19.5. The number of benzene rings is 2. The molecule has 0 spiro atoms. The van der Waals surface area contributed by atoms with Crippen LogP contribution in [0.4, 0.5) is 11.4 Å². The van der Waals surface area contributed by atoms with Crippen LogP contribution in [0.15, 0.2) is 47.4 Å². The molecule has 2 aromatic carbocycles. The van der Waals surface area contributed by atoms with E-state index in [-0.39, 0.29) is 17.6 Å². The summed E-state index contributed by atoms with van der Waals surface area (Å²) in [5, 5.41) is 2.86. The van der Waals surface area contributed by atoms with Crippen molar-refractivity contribution < 1.29 is 22.7 Å². The molecule has 9 heteroatoms. The number of nitrogens with zero attached hydrogens (tertiary/aromatic N) is 2. The van der Waals surface area contributed by atoms with Gasteiger partial charge in [0.25, 0.3) is 0 Å². The fourth-order valence-corrected chi connectivity index (χ4v) is 5.18. The first-order chi connectivity index (χ1) is 15.8. The summed E-state index contributed by atoms with van der Waals surface area (Å²) in [5.41, 5.74) is 2.01. The Balaban J connectivity index is 1.89.